The van der Waals surface area contributed by atoms with Gasteiger partial charge in [0.2, 0.25) is 0 Å². The van der Waals surface area contributed by atoms with E-state index in [9.17, 15) is 0 Å². The Labute approximate surface area is 213 Å². The third kappa shape index (κ3) is 16.5. The highest BCUT2D eigenvalue weighted by Crippen LogP contribution is 2.22. The van der Waals surface area contributed by atoms with Crippen LogP contribution in [0.25, 0.3) is 0 Å². The topological polar surface area (TPSA) is 23.9 Å². The maximum Gasteiger partial charge on any atom is 0.0177 e. The quantitative estimate of drug-likeness (QED) is 0.363. The number of hydrogen-bond donors (Lipinski definition) is 1. The number of rotatable bonds is 7. The van der Waals surface area contributed by atoms with Crippen LogP contribution in [0.2, 0.25) is 0 Å². The summed E-state index contributed by atoms with van der Waals surface area (Å²) in [5.41, 5.74) is 3.81. The van der Waals surface area contributed by atoms with Crippen LogP contribution >= 0.6 is 0 Å². The van der Waals surface area contributed by atoms with Gasteiger partial charge in [0.1, 0.15) is 0 Å². The SMILES string of the molecule is CCCC\C(CCC)=C1/C=C\C=C/C=C\C=C/C=C\C=C/C=C\C=C/C=C\C=C/C(/C=C\C=N)=C/1. The van der Waals surface area contributed by atoms with E-state index in [4.69, 9.17) is 5.41 Å². The molecule has 0 atom stereocenters. The number of hydrogen-bond acceptors (Lipinski definition) is 1. The molecule has 0 aromatic heterocycles. The molecule has 1 aliphatic carbocycles. The monoisotopic (exact) mass is 463 g/mol. The molecule has 0 saturated heterocycles. The molecule has 0 aromatic carbocycles. The molecule has 1 nitrogen and oxygen atoms in total. The van der Waals surface area contributed by atoms with Crippen LogP contribution in [0.1, 0.15) is 46.0 Å². The zero-order chi connectivity index (χ0) is 25.2. The van der Waals surface area contributed by atoms with E-state index in [1.807, 2.05) is 103 Å². The molecular weight excluding hydrogens is 422 g/mol. The number of allylic oxidation sites excluding steroid dienone is 26. The van der Waals surface area contributed by atoms with Crippen molar-refractivity contribution in [3.63, 3.8) is 0 Å². The van der Waals surface area contributed by atoms with Gasteiger partial charge in [-0.2, -0.15) is 0 Å². The first-order chi connectivity index (χ1) is 17.3. The average molecular weight is 464 g/mol. The first-order valence-electron chi connectivity index (χ1n) is 12.6. The lowest BCUT2D eigenvalue weighted by Gasteiger charge is -2.10. The molecule has 0 radical (unpaired) electrons. The minimum absolute atomic E-state index is 1.07. The molecule has 0 fully saturated rings. The van der Waals surface area contributed by atoms with Gasteiger partial charge in [-0.1, -0.05) is 160 Å². The smallest absolute Gasteiger partial charge is 0.0177 e. The molecule has 0 bridgehead atoms. The highest BCUT2D eigenvalue weighted by Gasteiger charge is 2.03. The van der Waals surface area contributed by atoms with Crippen molar-refractivity contribution < 1.29 is 0 Å². The van der Waals surface area contributed by atoms with Gasteiger partial charge >= 0.3 is 0 Å². The maximum atomic E-state index is 7.42. The second kappa shape index (κ2) is 22.1. The first kappa shape index (κ1) is 29.3. The van der Waals surface area contributed by atoms with Gasteiger partial charge in [0.15, 0.2) is 0 Å². The van der Waals surface area contributed by atoms with Crippen LogP contribution in [0, 0.1) is 5.41 Å². The Morgan fingerprint density at radius 2 is 1.06 bits per heavy atom. The van der Waals surface area contributed by atoms with Gasteiger partial charge in [-0.15, -0.1) is 0 Å². The summed E-state index contributed by atoms with van der Waals surface area (Å²) in [5, 5.41) is 7.42. The lowest BCUT2D eigenvalue weighted by Crippen LogP contribution is -1.91. The molecule has 0 aliphatic heterocycles. The van der Waals surface area contributed by atoms with Crippen molar-refractivity contribution in [3.8, 4) is 0 Å². The summed E-state index contributed by atoms with van der Waals surface area (Å²) in [6.07, 6.45) is 53.8. The molecule has 1 aliphatic rings. The first-order valence-corrected chi connectivity index (χ1v) is 12.6. The van der Waals surface area contributed by atoms with E-state index in [0.29, 0.717) is 0 Å². The molecule has 0 saturated carbocycles. The van der Waals surface area contributed by atoms with Crippen molar-refractivity contribution in [2.75, 3.05) is 0 Å². The van der Waals surface area contributed by atoms with Crippen LogP contribution in [0.4, 0.5) is 0 Å². The highest BCUT2D eigenvalue weighted by molar-refractivity contribution is 5.69. The summed E-state index contributed by atoms with van der Waals surface area (Å²) < 4.78 is 0. The van der Waals surface area contributed by atoms with Crippen molar-refractivity contribution >= 4 is 6.21 Å². The maximum absolute atomic E-state index is 7.42. The van der Waals surface area contributed by atoms with Gasteiger partial charge in [-0.05, 0) is 42.6 Å². The van der Waals surface area contributed by atoms with Gasteiger partial charge in [-0.25, -0.2) is 0 Å². The molecule has 1 heteroatoms. The highest BCUT2D eigenvalue weighted by atomic mass is 14.3. The molecule has 0 heterocycles. The molecule has 182 valence electrons. The molecular formula is C34H41N. The summed E-state index contributed by atoms with van der Waals surface area (Å²) in [6, 6.07) is 0. The van der Waals surface area contributed by atoms with E-state index in [1.54, 1.807) is 6.08 Å². The van der Waals surface area contributed by atoms with Gasteiger partial charge in [0, 0.05) is 6.21 Å². The van der Waals surface area contributed by atoms with Gasteiger partial charge in [0.25, 0.3) is 0 Å². The Bertz CT molecular complexity index is 989. The fourth-order valence-corrected chi connectivity index (χ4v) is 3.22. The van der Waals surface area contributed by atoms with E-state index < -0.39 is 0 Å². The molecule has 0 aromatic rings. The summed E-state index contributed by atoms with van der Waals surface area (Å²) in [7, 11) is 0. The second-order valence-electron chi connectivity index (χ2n) is 7.88. The van der Waals surface area contributed by atoms with Crippen LogP contribution in [0.15, 0.2) is 156 Å². The summed E-state index contributed by atoms with van der Waals surface area (Å²) in [6.45, 7) is 4.48. The van der Waals surface area contributed by atoms with Gasteiger partial charge in [-0.3, -0.25) is 0 Å². The van der Waals surface area contributed by atoms with Crippen LogP contribution in [0.3, 0.4) is 0 Å². The standard InChI is InChI=1S/C34H41N/c1-3-5-28-33(25-4-2)34-29-23-21-19-17-15-13-11-9-7-6-8-10-12-14-16-18-20-22-26-32(31-34)27-24-30-35/h6-24,26-27,29-31,35H,3-5,25,28H2,1-2H3/b8-6-,9-7-,12-10-,13-11-,16-14-,17-15-,20-18-,21-19-,26-22-,27-24-,29-23-,32-31-,34-33+,35-30?. The lowest BCUT2D eigenvalue weighted by atomic mass is 9.95. The largest absolute Gasteiger partial charge is 0.309 e. The van der Waals surface area contributed by atoms with E-state index in [2.05, 4.69) is 44.2 Å². The normalized spacial score (nSPS) is 27.4. The van der Waals surface area contributed by atoms with Crippen molar-refractivity contribution in [3.05, 3.63) is 156 Å². The summed E-state index contributed by atoms with van der Waals surface area (Å²) in [5.74, 6) is 0. The van der Waals surface area contributed by atoms with E-state index in [-0.39, 0.29) is 0 Å². The van der Waals surface area contributed by atoms with Crippen LogP contribution < -0.4 is 0 Å². The van der Waals surface area contributed by atoms with Crippen molar-refractivity contribution in [1.29, 1.82) is 5.41 Å². The van der Waals surface area contributed by atoms with Gasteiger partial charge < -0.3 is 5.41 Å². The molecule has 1 N–H and O–H groups in total. The van der Waals surface area contributed by atoms with Crippen LogP contribution in [0.5, 0.6) is 0 Å². The van der Waals surface area contributed by atoms with E-state index in [0.717, 1.165) is 24.8 Å². The zero-order valence-electron chi connectivity index (χ0n) is 21.4. The summed E-state index contributed by atoms with van der Waals surface area (Å²) in [4.78, 5) is 0. The van der Waals surface area contributed by atoms with Crippen molar-refractivity contribution in [1.82, 2.24) is 0 Å². The third-order valence-corrected chi connectivity index (χ3v) is 4.95. The minimum Gasteiger partial charge on any atom is -0.309 e. The fraction of sp³-hybridized carbons (Fsp3) is 0.206. The van der Waals surface area contributed by atoms with Crippen LogP contribution in [-0.4, -0.2) is 6.21 Å². The molecule has 0 unspecified atom stereocenters. The Hall–Kier alpha value is -3.71. The summed E-state index contributed by atoms with van der Waals surface area (Å²) >= 11 is 0. The fourth-order valence-electron chi connectivity index (χ4n) is 3.22. The molecule has 35 heavy (non-hydrogen) atoms. The Balaban J connectivity index is 3.41. The Kier molecular flexibility index (Phi) is 18.5. The second-order valence-corrected chi connectivity index (χ2v) is 7.88. The van der Waals surface area contributed by atoms with E-state index in [1.165, 1.54) is 30.2 Å². The number of unbranched alkanes of at least 4 members (excludes halogenated alkanes) is 1. The average Bonchev–Trinajstić information content (AvgIpc) is 2.86. The molecule has 0 amide bonds. The third-order valence-electron chi connectivity index (χ3n) is 4.95. The lowest BCUT2D eigenvalue weighted by molar-refractivity contribution is 0.739. The van der Waals surface area contributed by atoms with Crippen LogP contribution in [-0.2, 0) is 0 Å². The Morgan fingerprint density at radius 1 is 0.600 bits per heavy atom. The van der Waals surface area contributed by atoms with Crippen molar-refractivity contribution in [2.45, 2.75) is 46.0 Å². The molecule has 0 spiro atoms. The number of nitrogens with one attached hydrogen (secondary N) is 1. The van der Waals surface area contributed by atoms with Gasteiger partial charge in [0.05, 0.1) is 0 Å². The van der Waals surface area contributed by atoms with Crippen molar-refractivity contribution in [2.24, 2.45) is 0 Å². The Morgan fingerprint density at radius 3 is 1.49 bits per heavy atom. The predicted octanol–water partition coefficient (Wildman–Crippen LogP) is 9.98. The molecule has 1 rings (SSSR count). The predicted molar refractivity (Wildman–Crippen MR) is 159 cm³/mol. The zero-order valence-corrected chi connectivity index (χ0v) is 21.4. The van der Waals surface area contributed by atoms with E-state index >= 15 is 0 Å². The minimum atomic E-state index is 1.07.